The first-order valence-corrected chi connectivity index (χ1v) is 26.4. The van der Waals surface area contributed by atoms with E-state index in [2.05, 4.69) is 17.6 Å². The Hall–Kier alpha value is -2.25. The number of Topliss-reactive ketones (excluding diaryl/α,β-unsaturated/α-hetero) is 1. The highest BCUT2D eigenvalue weighted by molar-refractivity contribution is 6.00. The Morgan fingerprint density at radius 3 is 2.47 bits per heavy atom. The lowest BCUT2D eigenvalue weighted by atomic mass is 9.39. The molecule has 2 aliphatic heterocycles. The van der Waals surface area contributed by atoms with E-state index in [1.807, 2.05) is 18.2 Å². The highest BCUT2D eigenvalue weighted by Crippen LogP contribution is 2.75. The van der Waals surface area contributed by atoms with Gasteiger partial charge in [-0.05, 0) is 151 Å². The Balaban J connectivity index is 1.22. The van der Waals surface area contributed by atoms with E-state index in [4.69, 9.17) is 10.5 Å². The van der Waals surface area contributed by atoms with E-state index in [1.165, 1.54) is 0 Å². The Morgan fingerprint density at radius 2 is 1.75 bits per heavy atom. The molecule has 0 aromatic rings. The summed E-state index contributed by atoms with van der Waals surface area (Å²) in [5.41, 5.74) is -2.42. The van der Waals surface area contributed by atoms with Crippen LogP contribution in [0, 0.1) is 52.3 Å². The van der Waals surface area contributed by atoms with E-state index in [9.17, 15) is 51.1 Å². The summed E-state index contributed by atoms with van der Waals surface area (Å²) in [7, 11) is 0. The van der Waals surface area contributed by atoms with Gasteiger partial charge in [-0.15, -0.1) is 0 Å². The highest BCUT2D eigenvalue weighted by atomic mass is 16.5. The van der Waals surface area contributed by atoms with Crippen LogP contribution in [0.25, 0.3) is 0 Å². The van der Waals surface area contributed by atoms with E-state index in [0.29, 0.717) is 31.6 Å². The molecule has 0 aromatic carbocycles. The second-order valence-corrected chi connectivity index (χ2v) is 23.6. The fraction of sp³-hybridized carbons (Fsp3) is 0.830. The molecule has 382 valence electrons. The molecular weight excluding hydrogens is 871 g/mol. The van der Waals surface area contributed by atoms with Crippen molar-refractivity contribution in [2.75, 3.05) is 19.8 Å². The van der Waals surface area contributed by atoms with Gasteiger partial charge in [-0.3, -0.25) is 4.79 Å². The molecule has 0 amide bonds. The first-order chi connectivity index (χ1) is 32.3. The van der Waals surface area contributed by atoms with Gasteiger partial charge in [-0.25, -0.2) is 0 Å². The maximum absolute atomic E-state index is 15.6. The monoisotopic (exact) mass is 954 g/mol. The zero-order valence-electron chi connectivity index (χ0n) is 40.6. The lowest BCUT2D eigenvalue weighted by molar-refractivity contribution is -0.267. The van der Waals surface area contributed by atoms with Crippen LogP contribution in [0.1, 0.15) is 136 Å². The number of carbonyl (C=O) groups is 1. The Morgan fingerprint density at radius 1 is 0.985 bits per heavy atom. The summed E-state index contributed by atoms with van der Waals surface area (Å²) in [5.74, 6) is -3.71. The molecule has 6 fully saturated rings. The second-order valence-electron chi connectivity index (χ2n) is 23.6. The number of hydrogen-bond donors (Lipinski definition) is 13. The third kappa shape index (κ3) is 7.77. The van der Waals surface area contributed by atoms with E-state index < -0.39 is 112 Å². The van der Waals surface area contributed by atoms with Crippen molar-refractivity contribution in [3.8, 4) is 0 Å². The van der Waals surface area contributed by atoms with Crippen LogP contribution in [-0.4, -0.2) is 142 Å². The number of nitrogens with one attached hydrogen (secondary N) is 2. The molecular formula is C53H83N3O12. The molecule has 68 heavy (non-hydrogen) atoms. The van der Waals surface area contributed by atoms with Gasteiger partial charge in [0, 0.05) is 54.5 Å². The minimum absolute atomic E-state index is 0.000663. The number of aliphatic hydroxyl groups excluding tert-OH is 6. The molecule has 14 N–H and O–H groups in total. The molecule has 20 atom stereocenters. The van der Waals surface area contributed by atoms with E-state index >= 15 is 4.79 Å². The zero-order valence-corrected chi connectivity index (χ0v) is 40.6. The standard InChI is InChI=1S/C53H83N3O12/c1-4-7-30-10-12-33-39(14-11-30)68-47-42(33)36(60)9-5-18-53(47,67)48(3,64)40-17-20-52(66)43-44(55-27-29(2)59)45(63)34-24-37(61)38(62)26-49(34)25-31(32-13-15-41(54)56-35(32)8-6-22-57)16-19-51(65,46(43)49)28-50(40,52)21-23-58/h13,15-16,19,29-31,33-34,36-42,46-47,55-62,64-67H,4-12,14,17-18,20-28,54H2,1-3H3. The van der Waals surface area contributed by atoms with Crippen molar-refractivity contribution in [3.05, 3.63) is 46.8 Å². The maximum atomic E-state index is 15.6. The van der Waals surface area contributed by atoms with Crippen LogP contribution in [0.3, 0.4) is 0 Å². The third-order valence-electron chi connectivity index (χ3n) is 19.9. The van der Waals surface area contributed by atoms with E-state index in [0.717, 1.165) is 49.8 Å². The largest absolute Gasteiger partial charge is 0.396 e. The number of dihydropyridines is 1. The summed E-state index contributed by atoms with van der Waals surface area (Å²) in [6, 6.07) is 0. The first-order valence-electron chi connectivity index (χ1n) is 26.4. The topological polar surface area (TPSA) is 279 Å². The van der Waals surface area contributed by atoms with Crippen LogP contribution in [0.5, 0.6) is 0 Å². The smallest absolute Gasteiger partial charge is 0.182 e. The second kappa shape index (κ2) is 18.7. The quantitative estimate of drug-likeness (QED) is 0.118. The van der Waals surface area contributed by atoms with Crippen molar-refractivity contribution in [1.82, 2.24) is 10.6 Å². The summed E-state index contributed by atoms with van der Waals surface area (Å²) in [5, 5.41) is 129. The van der Waals surface area contributed by atoms with Gasteiger partial charge in [-0.2, -0.15) is 0 Å². The molecule has 0 aromatic heterocycles. The van der Waals surface area contributed by atoms with Crippen LogP contribution in [0.4, 0.5) is 0 Å². The number of rotatable bonds is 13. The van der Waals surface area contributed by atoms with Crippen molar-refractivity contribution in [3.63, 3.8) is 0 Å². The number of carbonyl (C=O) groups excluding carboxylic acids is 1. The summed E-state index contributed by atoms with van der Waals surface area (Å²) in [4.78, 5) is 15.6. The molecule has 9 rings (SSSR count). The fourth-order valence-electron chi connectivity index (χ4n) is 17.1. The molecule has 1 spiro atoms. The molecule has 9 aliphatic rings. The van der Waals surface area contributed by atoms with Crippen LogP contribution < -0.4 is 16.4 Å². The number of allylic oxidation sites excluding steroid dienone is 5. The first kappa shape index (κ1) is 50.7. The number of ketones is 1. The van der Waals surface area contributed by atoms with Gasteiger partial charge < -0.3 is 72.2 Å². The molecule has 5 saturated carbocycles. The number of ether oxygens (including phenoxy) is 1. The maximum Gasteiger partial charge on any atom is 0.182 e. The molecule has 20 unspecified atom stereocenters. The molecule has 15 heteroatoms. The van der Waals surface area contributed by atoms with E-state index in [1.54, 1.807) is 19.9 Å². The van der Waals surface area contributed by atoms with Gasteiger partial charge in [0.15, 0.2) is 5.78 Å². The van der Waals surface area contributed by atoms with Crippen molar-refractivity contribution in [2.24, 2.45) is 58.0 Å². The molecule has 1 saturated heterocycles. The summed E-state index contributed by atoms with van der Waals surface area (Å²) in [6.45, 7) is 4.79. The molecule has 7 aliphatic carbocycles. The molecule has 0 bridgehead atoms. The number of aliphatic hydroxyl groups is 10. The predicted octanol–water partition coefficient (Wildman–Crippen LogP) is 2.24. The lowest BCUT2D eigenvalue weighted by Gasteiger charge is -2.67. The van der Waals surface area contributed by atoms with Gasteiger partial charge >= 0.3 is 0 Å². The molecule has 2 heterocycles. The predicted molar refractivity (Wildman–Crippen MR) is 253 cm³/mol. The molecule has 15 nitrogen and oxygen atoms in total. The summed E-state index contributed by atoms with van der Waals surface area (Å²) >= 11 is 0. The van der Waals surface area contributed by atoms with Crippen molar-refractivity contribution < 1.29 is 60.6 Å². The number of fused-ring (bicyclic) bond motifs is 5. The Bertz CT molecular complexity index is 2020. The van der Waals surface area contributed by atoms with Crippen molar-refractivity contribution in [1.29, 1.82) is 0 Å². The zero-order chi connectivity index (χ0) is 48.8. The van der Waals surface area contributed by atoms with E-state index in [-0.39, 0.29) is 87.8 Å². The Labute approximate surface area is 402 Å². The minimum atomic E-state index is -2.03. The van der Waals surface area contributed by atoms with Gasteiger partial charge in [-0.1, -0.05) is 44.4 Å². The summed E-state index contributed by atoms with van der Waals surface area (Å²) < 4.78 is 6.99. The van der Waals surface area contributed by atoms with Gasteiger partial charge in [0.2, 0.25) is 0 Å². The highest BCUT2D eigenvalue weighted by Gasteiger charge is 2.79. The van der Waals surface area contributed by atoms with Crippen LogP contribution in [0.2, 0.25) is 0 Å². The van der Waals surface area contributed by atoms with Crippen molar-refractivity contribution in [2.45, 2.75) is 202 Å². The van der Waals surface area contributed by atoms with Gasteiger partial charge in [0.05, 0.1) is 65.3 Å². The fourth-order valence-corrected chi connectivity index (χ4v) is 17.1. The SMILES string of the molecule is CCCC1CCC2OC3C(C(O)CCCC3(O)C(C)(O)C3CCC4(O)C5=C(NCC(C)O)C(=O)C6CC(O)C(O)CC67CC(C6=C(CCCO)NC(N)C=C6)C=CC(O)(CC34CCO)C57)C2CC1. The van der Waals surface area contributed by atoms with Crippen LogP contribution in [0.15, 0.2) is 46.8 Å². The van der Waals surface area contributed by atoms with Crippen LogP contribution in [-0.2, 0) is 9.53 Å². The van der Waals surface area contributed by atoms with Gasteiger partial charge in [0.1, 0.15) is 5.60 Å². The number of hydrogen-bond acceptors (Lipinski definition) is 15. The third-order valence-corrected chi connectivity index (χ3v) is 19.9. The van der Waals surface area contributed by atoms with Gasteiger partial charge in [0.25, 0.3) is 0 Å². The average Bonchev–Trinajstić information content (AvgIpc) is 3.62. The van der Waals surface area contributed by atoms with Crippen LogP contribution >= 0.6 is 0 Å². The Kier molecular flexibility index (Phi) is 13.9. The molecule has 0 radical (unpaired) electrons. The average molecular weight is 954 g/mol. The minimum Gasteiger partial charge on any atom is -0.396 e. The number of nitrogens with two attached hydrogens (primary N) is 1. The van der Waals surface area contributed by atoms with Crippen molar-refractivity contribution >= 4 is 5.78 Å². The summed E-state index contributed by atoms with van der Waals surface area (Å²) in [6.07, 6.45) is 9.25. The normalized spacial score (nSPS) is 47.9. The lowest BCUT2D eigenvalue weighted by Crippen LogP contribution is -2.73.